The van der Waals surface area contributed by atoms with Crippen LogP contribution in [0, 0.1) is 6.92 Å². The van der Waals surface area contributed by atoms with Crippen molar-refractivity contribution < 1.29 is 31.1 Å². The fraction of sp³-hybridized carbons (Fsp3) is 0.265. The molecular weight excluding hydrogens is 633 g/mol. The van der Waals surface area contributed by atoms with E-state index in [-0.39, 0.29) is 30.1 Å². The zero-order valence-corrected chi connectivity index (χ0v) is 26.8. The van der Waals surface area contributed by atoms with Gasteiger partial charge < -0.3 is 9.64 Å². The number of nitrogens with zero attached hydrogens (tertiary/aromatic N) is 4. The van der Waals surface area contributed by atoms with E-state index in [1.807, 2.05) is 6.92 Å². The standard InChI is InChI=1S/C34H31F3N4O5S/c1-21-5-9-25(10-6-21)47(44,45)41-29-14-15-39(32(43)46-33(2,3)4)20-27(29)26-11-8-24(18-30(26)41)40-16-13-22(17-31(40)42)28-12-7-23(19-38-28)34(35,36)37/h5-13,16-19H,14-15,20H2,1-4H3. The lowest BCUT2D eigenvalue weighted by Crippen LogP contribution is -2.40. The van der Waals surface area contributed by atoms with Crippen molar-refractivity contribution in [2.24, 2.45) is 0 Å². The van der Waals surface area contributed by atoms with Gasteiger partial charge in [-0.15, -0.1) is 0 Å². The Balaban J connectivity index is 1.46. The summed E-state index contributed by atoms with van der Waals surface area (Å²) in [7, 11) is -4.11. The summed E-state index contributed by atoms with van der Waals surface area (Å²) >= 11 is 0. The van der Waals surface area contributed by atoms with E-state index in [9.17, 15) is 31.2 Å². The van der Waals surface area contributed by atoms with Gasteiger partial charge in [-0.1, -0.05) is 23.8 Å². The van der Waals surface area contributed by atoms with Gasteiger partial charge in [-0.25, -0.2) is 17.2 Å². The molecule has 0 fully saturated rings. The molecule has 0 bridgehead atoms. The first-order valence-corrected chi connectivity index (χ1v) is 16.2. The number of ether oxygens (including phenoxy) is 1. The molecule has 1 aliphatic heterocycles. The Bertz CT molecular complexity index is 2180. The molecular formula is C34H31F3N4O5S. The van der Waals surface area contributed by atoms with E-state index in [0.29, 0.717) is 39.6 Å². The second-order valence-corrected chi connectivity index (χ2v) is 14.2. The summed E-state index contributed by atoms with van der Waals surface area (Å²) in [5.41, 5.74) is 1.21. The molecule has 1 aliphatic rings. The molecule has 47 heavy (non-hydrogen) atoms. The number of hydrogen-bond acceptors (Lipinski definition) is 6. The highest BCUT2D eigenvalue weighted by atomic mass is 32.2. The van der Waals surface area contributed by atoms with E-state index in [1.165, 1.54) is 26.9 Å². The third kappa shape index (κ3) is 6.14. The summed E-state index contributed by atoms with van der Waals surface area (Å²) in [6, 6.07) is 16.4. The Kier molecular flexibility index (Phi) is 7.78. The summed E-state index contributed by atoms with van der Waals surface area (Å²) in [6.45, 7) is 7.55. The molecule has 5 aromatic rings. The zero-order chi connectivity index (χ0) is 33.9. The Morgan fingerprint density at radius 1 is 0.957 bits per heavy atom. The lowest BCUT2D eigenvalue weighted by Gasteiger charge is -2.30. The first-order chi connectivity index (χ1) is 22.0. The second kappa shape index (κ2) is 11.4. The molecule has 4 heterocycles. The molecule has 0 spiro atoms. The molecule has 13 heteroatoms. The largest absolute Gasteiger partial charge is 0.444 e. The molecule has 1 amide bonds. The molecule has 9 nitrogen and oxygen atoms in total. The van der Waals surface area contributed by atoms with Crippen molar-refractivity contribution in [3.63, 3.8) is 0 Å². The van der Waals surface area contributed by atoms with Crippen molar-refractivity contribution in [3.05, 3.63) is 112 Å². The van der Waals surface area contributed by atoms with Gasteiger partial charge in [-0.2, -0.15) is 13.2 Å². The number of hydrogen-bond donors (Lipinski definition) is 0. The Hall–Kier alpha value is -4.91. The predicted molar refractivity (Wildman–Crippen MR) is 170 cm³/mol. The quantitative estimate of drug-likeness (QED) is 0.212. The summed E-state index contributed by atoms with van der Waals surface area (Å²) in [6.07, 6.45) is -2.62. The molecule has 244 valence electrons. The van der Waals surface area contributed by atoms with Gasteiger partial charge in [0.1, 0.15) is 5.60 Å². The predicted octanol–water partition coefficient (Wildman–Crippen LogP) is 6.71. The molecule has 6 rings (SSSR count). The topological polar surface area (TPSA) is 104 Å². The number of halogens is 3. The highest BCUT2D eigenvalue weighted by Crippen LogP contribution is 2.36. The molecule has 0 saturated carbocycles. The van der Waals surface area contributed by atoms with Crippen LogP contribution < -0.4 is 5.56 Å². The van der Waals surface area contributed by atoms with Gasteiger partial charge in [-0.3, -0.25) is 14.3 Å². The minimum absolute atomic E-state index is 0.0911. The van der Waals surface area contributed by atoms with Crippen LogP contribution in [0.15, 0.2) is 88.8 Å². The number of carbonyl (C=O) groups is 1. The van der Waals surface area contributed by atoms with Gasteiger partial charge in [0, 0.05) is 53.6 Å². The molecule has 2 aromatic carbocycles. The number of pyridine rings is 2. The second-order valence-electron chi connectivity index (χ2n) is 12.4. The highest BCUT2D eigenvalue weighted by molar-refractivity contribution is 7.90. The molecule has 0 N–H and O–H groups in total. The van der Waals surface area contributed by atoms with Crippen LogP contribution in [0.5, 0.6) is 0 Å². The zero-order valence-electron chi connectivity index (χ0n) is 26.0. The van der Waals surface area contributed by atoms with Gasteiger partial charge >= 0.3 is 12.3 Å². The summed E-state index contributed by atoms with van der Waals surface area (Å²) < 4.78 is 75.6. The number of alkyl halides is 3. The molecule has 0 atom stereocenters. The van der Waals surface area contributed by atoms with Crippen LogP contribution in [0.4, 0.5) is 18.0 Å². The van der Waals surface area contributed by atoms with E-state index in [4.69, 9.17) is 4.74 Å². The number of fused-ring (bicyclic) bond motifs is 3. The van der Waals surface area contributed by atoms with Crippen molar-refractivity contribution in [1.29, 1.82) is 0 Å². The van der Waals surface area contributed by atoms with Crippen LogP contribution in [-0.4, -0.2) is 45.1 Å². The lowest BCUT2D eigenvalue weighted by molar-refractivity contribution is -0.137. The maximum Gasteiger partial charge on any atom is 0.417 e. The van der Waals surface area contributed by atoms with E-state index >= 15 is 0 Å². The Labute approximate surface area is 268 Å². The minimum atomic E-state index is -4.54. The van der Waals surface area contributed by atoms with Crippen LogP contribution in [0.3, 0.4) is 0 Å². The molecule has 0 aliphatic carbocycles. The Morgan fingerprint density at radius 3 is 2.30 bits per heavy atom. The summed E-state index contributed by atoms with van der Waals surface area (Å²) in [5, 5.41) is 0.603. The first-order valence-electron chi connectivity index (χ1n) is 14.8. The van der Waals surface area contributed by atoms with Crippen molar-refractivity contribution in [3.8, 4) is 16.9 Å². The molecule has 0 unspecified atom stereocenters. The third-order valence-corrected chi connectivity index (χ3v) is 9.65. The summed E-state index contributed by atoms with van der Waals surface area (Å²) in [4.78, 5) is 31.8. The smallest absolute Gasteiger partial charge is 0.417 e. The maximum absolute atomic E-state index is 14.2. The van der Waals surface area contributed by atoms with Crippen LogP contribution in [0.25, 0.3) is 27.8 Å². The fourth-order valence-electron chi connectivity index (χ4n) is 5.61. The van der Waals surface area contributed by atoms with Gasteiger partial charge in [0.15, 0.2) is 0 Å². The van der Waals surface area contributed by atoms with Crippen molar-refractivity contribution in [1.82, 2.24) is 18.4 Å². The van der Waals surface area contributed by atoms with E-state index in [2.05, 4.69) is 4.98 Å². The van der Waals surface area contributed by atoms with Gasteiger partial charge in [0.05, 0.1) is 33.9 Å². The minimum Gasteiger partial charge on any atom is -0.444 e. The average molecular weight is 665 g/mol. The van der Waals surface area contributed by atoms with Gasteiger partial charge in [-0.05, 0) is 70.2 Å². The number of rotatable bonds is 4. The number of carbonyl (C=O) groups excluding carboxylic acids is 1. The third-order valence-electron chi connectivity index (χ3n) is 7.88. The fourth-order valence-corrected chi connectivity index (χ4v) is 7.21. The van der Waals surface area contributed by atoms with Gasteiger partial charge in [0.25, 0.3) is 15.6 Å². The number of benzene rings is 2. The SMILES string of the molecule is Cc1ccc(S(=O)(=O)n2c3c(c4ccc(-n5ccc(-c6ccc(C(F)(F)F)cn6)cc5=O)cc42)CN(C(=O)OC(C)(C)C)CC3)cc1. The van der Waals surface area contributed by atoms with Crippen LogP contribution in [-0.2, 0) is 33.9 Å². The first kappa shape index (κ1) is 32.0. The molecule has 3 aromatic heterocycles. The Morgan fingerprint density at radius 2 is 1.68 bits per heavy atom. The van der Waals surface area contributed by atoms with Gasteiger partial charge in [0.2, 0.25) is 0 Å². The monoisotopic (exact) mass is 664 g/mol. The van der Waals surface area contributed by atoms with Crippen LogP contribution in [0.2, 0.25) is 0 Å². The average Bonchev–Trinajstić information content (AvgIpc) is 3.34. The number of amides is 1. The van der Waals surface area contributed by atoms with E-state index < -0.39 is 39.0 Å². The molecule has 0 radical (unpaired) electrons. The summed E-state index contributed by atoms with van der Waals surface area (Å²) in [5.74, 6) is 0. The van der Waals surface area contributed by atoms with E-state index in [0.717, 1.165) is 11.6 Å². The number of aryl methyl sites for hydroxylation is 1. The molecule has 0 saturated heterocycles. The lowest BCUT2D eigenvalue weighted by atomic mass is 10.0. The van der Waals surface area contributed by atoms with Crippen molar-refractivity contribution >= 4 is 27.0 Å². The highest BCUT2D eigenvalue weighted by Gasteiger charge is 2.34. The van der Waals surface area contributed by atoms with Crippen LogP contribution >= 0.6 is 0 Å². The number of aromatic nitrogens is 3. The maximum atomic E-state index is 14.2. The van der Waals surface area contributed by atoms with Crippen molar-refractivity contribution in [2.45, 2.75) is 57.3 Å². The van der Waals surface area contributed by atoms with Crippen LogP contribution in [0.1, 0.15) is 43.2 Å². The normalized spacial score (nSPS) is 13.9. The van der Waals surface area contributed by atoms with Crippen molar-refractivity contribution in [2.75, 3.05) is 6.54 Å². The van der Waals surface area contributed by atoms with E-state index in [1.54, 1.807) is 74.2 Å².